The third kappa shape index (κ3) is 3.11. The zero-order chi connectivity index (χ0) is 16.3. The van der Waals surface area contributed by atoms with E-state index in [1.807, 2.05) is 0 Å². The Morgan fingerprint density at radius 2 is 1.67 bits per heavy atom. The number of aliphatic carboxylic acids is 1. The molecule has 0 amide bonds. The van der Waals surface area contributed by atoms with Crippen LogP contribution in [0.3, 0.4) is 0 Å². The lowest BCUT2D eigenvalue weighted by atomic mass is 9.71. The predicted octanol–water partition coefficient (Wildman–Crippen LogP) is 2.73. The van der Waals surface area contributed by atoms with Crippen molar-refractivity contribution < 1.29 is 9.90 Å². The number of carboxylic acid groups (broad SMARTS) is 1. The molecular formula is C17H32N2O2. The molecular weight excluding hydrogens is 264 g/mol. The summed E-state index contributed by atoms with van der Waals surface area (Å²) in [6, 6.07) is -0.513. The van der Waals surface area contributed by atoms with Crippen LogP contribution in [0, 0.1) is 10.8 Å². The normalized spacial score (nSPS) is 42.9. The highest BCUT2D eigenvalue weighted by Gasteiger charge is 2.54. The first kappa shape index (κ1) is 16.8. The van der Waals surface area contributed by atoms with E-state index in [-0.39, 0.29) is 21.9 Å². The molecule has 4 nitrogen and oxygen atoms in total. The van der Waals surface area contributed by atoms with E-state index in [1.54, 1.807) is 0 Å². The average Bonchev–Trinajstić information content (AvgIpc) is 2.42. The maximum atomic E-state index is 11.8. The van der Waals surface area contributed by atoms with Gasteiger partial charge in [0.25, 0.3) is 0 Å². The molecule has 122 valence electrons. The van der Waals surface area contributed by atoms with E-state index in [2.05, 4.69) is 58.8 Å². The molecule has 0 spiro atoms. The van der Waals surface area contributed by atoms with Crippen molar-refractivity contribution in [2.24, 2.45) is 10.8 Å². The molecule has 2 fully saturated rings. The SMILES string of the molecule is CN1CC2(C)CC(C)(C)NC(C(=O)O)C(C)(C)CC1(C)C2. The first-order valence-corrected chi connectivity index (χ1v) is 8.01. The lowest BCUT2D eigenvalue weighted by Crippen LogP contribution is -2.58. The van der Waals surface area contributed by atoms with Crippen LogP contribution >= 0.6 is 0 Å². The Hall–Kier alpha value is -0.610. The van der Waals surface area contributed by atoms with Gasteiger partial charge in [-0.3, -0.25) is 10.1 Å². The molecule has 0 radical (unpaired) electrons. The Kier molecular flexibility index (Phi) is 3.74. The van der Waals surface area contributed by atoms with E-state index in [9.17, 15) is 9.90 Å². The minimum Gasteiger partial charge on any atom is -0.480 e. The van der Waals surface area contributed by atoms with Gasteiger partial charge in [-0.05, 0) is 57.9 Å². The molecule has 2 saturated heterocycles. The van der Waals surface area contributed by atoms with Crippen LogP contribution in [-0.4, -0.2) is 46.7 Å². The number of carboxylic acids is 1. The van der Waals surface area contributed by atoms with Gasteiger partial charge < -0.3 is 10.0 Å². The van der Waals surface area contributed by atoms with Gasteiger partial charge in [-0.1, -0.05) is 20.8 Å². The quantitative estimate of drug-likeness (QED) is 0.781. The van der Waals surface area contributed by atoms with Gasteiger partial charge in [-0.25, -0.2) is 0 Å². The molecule has 3 unspecified atom stereocenters. The van der Waals surface area contributed by atoms with Crippen molar-refractivity contribution in [3.05, 3.63) is 0 Å². The zero-order valence-corrected chi connectivity index (χ0v) is 14.7. The van der Waals surface area contributed by atoms with Crippen LogP contribution in [0.15, 0.2) is 0 Å². The maximum absolute atomic E-state index is 11.8. The predicted molar refractivity (Wildman–Crippen MR) is 85.4 cm³/mol. The molecule has 2 bridgehead atoms. The molecule has 2 rings (SSSR count). The number of nitrogens with zero attached hydrogens (tertiary/aromatic N) is 1. The zero-order valence-electron chi connectivity index (χ0n) is 14.7. The monoisotopic (exact) mass is 296 g/mol. The van der Waals surface area contributed by atoms with Crippen molar-refractivity contribution in [1.29, 1.82) is 0 Å². The Bertz CT molecular complexity index is 446. The van der Waals surface area contributed by atoms with Gasteiger partial charge in [-0.15, -0.1) is 0 Å². The van der Waals surface area contributed by atoms with E-state index >= 15 is 0 Å². The van der Waals surface area contributed by atoms with Crippen LogP contribution in [-0.2, 0) is 4.79 Å². The summed E-state index contributed by atoms with van der Waals surface area (Å²) in [5.41, 5.74) is -0.148. The number of hydrogen-bond acceptors (Lipinski definition) is 3. The third-order valence-corrected chi connectivity index (χ3v) is 5.62. The van der Waals surface area contributed by atoms with Crippen molar-refractivity contribution in [3.63, 3.8) is 0 Å². The number of hydrogen-bond donors (Lipinski definition) is 2. The summed E-state index contributed by atoms with van der Waals surface area (Å²) < 4.78 is 0. The molecule has 0 aromatic heterocycles. The summed E-state index contributed by atoms with van der Waals surface area (Å²) in [4.78, 5) is 14.3. The van der Waals surface area contributed by atoms with Gasteiger partial charge in [0.1, 0.15) is 6.04 Å². The first-order valence-electron chi connectivity index (χ1n) is 8.01. The van der Waals surface area contributed by atoms with Gasteiger partial charge in [0.15, 0.2) is 0 Å². The topological polar surface area (TPSA) is 52.6 Å². The molecule has 0 aromatic rings. The van der Waals surface area contributed by atoms with Crippen LogP contribution in [0.4, 0.5) is 0 Å². The fourth-order valence-electron chi connectivity index (χ4n) is 5.37. The Balaban J connectivity index is 2.47. The molecule has 0 aliphatic carbocycles. The molecule has 2 aliphatic rings. The Morgan fingerprint density at radius 3 is 2.19 bits per heavy atom. The maximum Gasteiger partial charge on any atom is 0.321 e. The standard InChI is InChI=1S/C17H32N2O2/c1-14(2)8-17(6)10-16(5,11-19(17)7)9-15(3,4)18-12(14)13(20)21/h12,18H,8-11H2,1-7H3,(H,20,21). The lowest BCUT2D eigenvalue weighted by molar-refractivity contribution is -0.144. The largest absolute Gasteiger partial charge is 0.480 e. The number of carbonyl (C=O) groups is 1. The molecule has 0 aromatic carbocycles. The lowest BCUT2D eigenvalue weighted by Gasteiger charge is -2.44. The van der Waals surface area contributed by atoms with E-state index < -0.39 is 12.0 Å². The number of fused-ring (bicyclic) bond motifs is 2. The van der Waals surface area contributed by atoms with Crippen LogP contribution < -0.4 is 5.32 Å². The number of nitrogens with one attached hydrogen (secondary N) is 1. The van der Waals surface area contributed by atoms with E-state index in [0.717, 1.165) is 25.8 Å². The van der Waals surface area contributed by atoms with Crippen LogP contribution in [0.25, 0.3) is 0 Å². The minimum atomic E-state index is -0.734. The van der Waals surface area contributed by atoms with Gasteiger partial charge in [0, 0.05) is 17.6 Å². The molecule has 2 aliphatic heterocycles. The highest BCUT2D eigenvalue weighted by molar-refractivity contribution is 5.74. The molecule has 2 N–H and O–H groups in total. The number of rotatable bonds is 1. The minimum absolute atomic E-state index is 0.0774. The second-order valence-electron chi connectivity index (χ2n) is 9.48. The van der Waals surface area contributed by atoms with Crippen molar-refractivity contribution in [2.45, 2.75) is 77.9 Å². The third-order valence-electron chi connectivity index (χ3n) is 5.62. The number of likely N-dealkylation sites (tertiary alicyclic amines) is 1. The summed E-state index contributed by atoms with van der Waals surface area (Å²) >= 11 is 0. The fraction of sp³-hybridized carbons (Fsp3) is 0.941. The van der Waals surface area contributed by atoms with Gasteiger partial charge in [-0.2, -0.15) is 0 Å². The smallest absolute Gasteiger partial charge is 0.321 e. The first-order chi connectivity index (χ1) is 9.29. The summed E-state index contributed by atoms with van der Waals surface area (Å²) in [6.45, 7) is 14.2. The van der Waals surface area contributed by atoms with Crippen LogP contribution in [0.5, 0.6) is 0 Å². The molecule has 3 atom stereocenters. The summed E-state index contributed by atoms with van der Waals surface area (Å²) in [5, 5.41) is 13.2. The van der Waals surface area contributed by atoms with Crippen molar-refractivity contribution >= 4 is 5.97 Å². The summed E-state index contributed by atoms with van der Waals surface area (Å²) in [7, 11) is 2.19. The molecule has 2 heterocycles. The van der Waals surface area contributed by atoms with E-state index in [1.165, 1.54) is 0 Å². The van der Waals surface area contributed by atoms with Crippen molar-refractivity contribution in [3.8, 4) is 0 Å². The van der Waals surface area contributed by atoms with Crippen LogP contribution in [0.1, 0.15) is 60.8 Å². The Morgan fingerprint density at radius 1 is 1.10 bits per heavy atom. The van der Waals surface area contributed by atoms with Crippen LogP contribution in [0.2, 0.25) is 0 Å². The van der Waals surface area contributed by atoms with Crippen molar-refractivity contribution in [1.82, 2.24) is 10.2 Å². The second kappa shape index (κ2) is 4.69. The highest BCUT2D eigenvalue weighted by atomic mass is 16.4. The van der Waals surface area contributed by atoms with E-state index in [4.69, 9.17) is 0 Å². The molecule has 4 heteroatoms. The average molecular weight is 296 g/mol. The molecule has 0 saturated carbocycles. The highest BCUT2D eigenvalue weighted by Crippen LogP contribution is 2.51. The Labute approximate surface area is 129 Å². The van der Waals surface area contributed by atoms with Crippen molar-refractivity contribution in [2.75, 3.05) is 13.6 Å². The summed E-state index contributed by atoms with van der Waals surface area (Å²) in [5.74, 6) is -0.734. The van der Waals surface area contributed by atoms with Gasteiger partial charge >= 0.3 is 5.97 Å². The van der Waals surface area contributed by atoms with E-state index in [0.29, 0.717) is 0 Å². The fourth-order valence-corrected chi connectivity index (χ4v) is 5.37. The second-order valence-corrected chi connectivity index (χ2v) is 9.48. The summed E-state index contributed by atoms with van der Waals surface area (Å²) in [6.07, 6.45) is 3.03. The van der Waals surface area contributed by atoms with Gasteiger partial charge in [0.05, 0.1) is 0 Å². The van der Waals surface area contributed by atoms with Gasteiger partial charge in [0.2, 0.25) is 0 Å². The molecule has 21 heavy (non-hydrogen) atoms.